The van der Waals surface area contributed by atoms with Crippen molar-refractivity contribution in [3.8, 4) is 0 Å². The smallest absolute Gasteiger partial charge is 0.238 e. The first-order valence-corrected chi connectivity index (χ1v) is 6.40. The van der Waals surface area contributed by atoms with Gasteiger partial charge in [0, 0.05) is 39.2 Å². The van der Waals surface area contributed by atoms with Gasteiger partial charge in [0.05, 0.1) is 6.54 Å². The number of nitrogens with one attached hydrogen (secondary N) is 2. The van der Waals surface area contributed by atoms with Crippen LogP contribution in [0.5, 0.6) is 0 Å². The van der Waals surface area contributed by atoms with Gasteiger partial charge < -0.3 is 20.3 Å². The first-order valence-electron chi connectivity index (χ1n) is 6.40. The molecule has 0 aliphatic heterocycles. The Labute approximate surface area is 114 Å². The summed E-state index contributed by atoms with van der Waals surface area (Å²) in [7, 11) is 5.64. The number of carbonyl (C=O) groups is 1. The molecule has 0 saturated carbocycles. The predicted octanol–water partition coefficient (Wildman–Crippen LogP) is 1.32. The molecule has 0 bridgehead atoms. The molecule has 0 saturated heterocycles. The van der Waals surface area contributed by atoms with Crippen LogP contribution in [0.1, 0.15) is 6.42 Å². The van der Waals surface area contributed by atoms with Crippen LogP contribution in [0.2, 0.25) is 0 Å². The number of amides is 1. The maximum absolute atomic E-state index is 11.6. The molecule has 0 spiro atoms. The van der Waals surface area contributed by atoms with Crippen LogP contribution in [-0.4, -0.2) is 46.8 Å². The number of ether oxygens (including phenoxy) is 1. The lowest BCUT2D eigenvalue weighted by Gasteiger charge is -2.13. The largest absolute Gasteiger partial charge is 0.385 e. The zero-order chi connectivity index (χ0) is 14.1. The molecule has 0 fully saturated rings. The quantitative estimate of drug-likeness (QED) is 0.696. The highest BCUT2D eigenvalue weighted by molar-refractivity contribution is 5.92. The molecule has 1 rings (SSSR count). The second-order valence-corrected chi connectivity index (χ2v) is 4.51. The maximum Gasteiger partial charge on any atom is 0.238 e. The van der Waals surface area contributed by atoms with E-state index in [1.807, 2.05) is 43.3 Å². The molecule has 1 aromatic carbocycles. The third-order valence-electron chi connectivity index (χ3n) is 2.66. The van der Waals surface area contributed by atoms with Gasteiger partial charge in [-0.25, -0.2) is 0 Å². The fourth-order valence-corrected chi connectivity index (χ4v) is 1.59. The highest BCUT2D eigenvalue weighted by atomic mass is 16.5. The van der Waals surface area contributed by atoms with E-state index >= 15 is 0 Å². The standard InChI is InChI=1S/C14H23N3O2/c1-17(2)13-7-5-12(6-8-13)16-14(18)11-15-9-4-10-19-3/h5-8,15H,4,9-11H2,1-3H3,(H,16,18). The highest BCUT2D eigenvalue weighted by Crippen LogP contribution is 2.15. The Kier molecular flexibility index (Phi) is 6.92. The Balaban J connectivity index is 2.28. The van der Waals surface area contributed by atoms with Crippen LogP contribution in [0.25, 0.3) is 0 Å². The topological polar surface area (TPSA) is 53.6 Å². The van der Waals surface area contributed by atoms with E-state index in [4.69, 9.17) is 4.74 Å². The third-order valence-corrected chi connectivity index (χ3v) is 2.66. The summed E-state index contributed by atoms with van der Waals surface area (Å²) in [5, 5.41) is 5.92. The van der Waals surface area contributed by atoms with E-state index in [0.717, 1.165) is 24.3 Å². The van der Waals surface area contributed by atoms with Crippen LogP contribution in [0, 0.1) is 0 Å². The van der Waals surface area contributed by atoms with E-state index in [9.17, 15) is 4.79 Å². The molecule has 0 aliphatic carbocycles. The Morgan fingerprint density at radius 1 is 1.26 bits per heavy atom. The van der Waals surface area contributed by atoms with Crippen molar-refractivity contribution in [1.82, 2.24) is 5.32 Å². The lowest BCUT2D eigenvalue weighted by Crippen LogP contribution is -2.29. The number of nitrogens with zero attached hydrogens (tertiary/aromatic N) is 1. The number of carbonyl (C=O) groups excluding carboxylic acids is 1. The van der Waals surface area contributed by atoms with Crippen LogP contribution in [0.3, 0.4) is 0 Å². The van der Waals surface area contributed by atoms with Gasteiger partial charge in [-0.1, -0.05) is 0 Å². The fraction of sp³-hybridized carbons (Fsp3) is 0.500. The maximum atomic E-state index is 11.6. The van der Waals surface area contributed by atoms with E-state index in [2.05, 4.69) is 10.6 Å². The molecule has 19 heavy (non-hydrogen) atoms. The van der Waals surface area contributed by atoms with Gasteiger partial charge in [0.25, 0.3) is 0 Å². The van der Waals surface area contributed by atoms with Crippen LogP contribution in [0.4, 0.5) is 11.4 Å². The predicted molar refractivity (Wildman–Crippen MR) is 78.8 cm³/mol. The lowest BCUT2D eigenvalue weighted by atomic mass is 10.2. The number of hydrogen-bond donors (Lipinski definition) is 2. The molecule has 0 radical (unpaired) electrons. The van der Waals surface area contributed by atoms with Gasteiger partial charge >= 0.3 is 0 Å². The first kappa shape index (κ1) is 15.5. The van der Waals surface area contributed by atoms with Crippen molar-refractivity contribution >= 4 is 17.3 Å². The molecule has 0 heterocycles. The lowest BCUT2D eigenvalue weighted by molar-refractivity contribution is -0.115. The van der Waals surface area contributed by atoms with E-state index in [1.54, 1.807) is 7.11 Å². The van der Waals surface area contributed by atoms with Gasteiger partial charge in [-0.05, 0) is 37.2 Å². The molecule has 5 nitrogen and oxygen atoms in total. The van der Waals surface area contributed by atoms with Crippen molar-refractivity contribution in [3.05, 3.63) is 24.3 Å². The molecule has 0 aromatic heterocycles. The van der Waals surface area contributed by atoms with Crippen molar-refractivity contribution in [2.45, 2.75) is 6.42 Å². The molecular weight excluding hydrogens is 242 g/mol. The Hall–Kier alpha value is -1.59. The fourth-order valence-electron chi connectivity index (χ4n) is 1.59. The molecule has 5 heteroatoms. The summed E-state index contributed by atoms with van der Waals surface area (Å²) in [5.74, 6) is -0.0324. The highest BCUT2D eigenvalue weighted by Gasteiger charge is 2.02. The normalized spacial score (nSPS) is 10.3. The molecular formula is C14H23N3O2. The molecule has 0 aliphatic rings. The van der Waals surface area contributed by atoms with Crippen molar-refractivity contribution < 1.29 is 9.53 Å². The minimum atomic E-state index is -0.0324. The zero-order valence-corrected chi connectivity index (χ0v) is 11.9. The summed E-state index contributed by atoms with van der Waals surface area (Å²) < 4.78 is 4.93. The van der Waals surface area contributed by atoms with Crippen molar-refractivity contribution in [2.24, 2.45) is 0 Å². The minimum absolute atomic E-state index is 0.0324. The first-order chi connectivity index (χ1) is 9.13. The van der Waals surface area contributed by atoms with Gasteiger partial charge in [-0.15, -0.1) is 0 Å². The average molecular weight is 265 g/mol. The van der Waals surface area contributed by atoms with Crippen molar-refractivity contribution in [2.75, 3.05) is 51.1 Å². The average Bonchev–Trinajstić information content (AvgIpc) is 2.39. The third kappa shape index (κ3) is 6.22. The monoisotopic (exact) mass is 265 g/mol. The molecule has 106 valence electrons. The number of methoxy groups -OCH3 is 1. The van der Waals surface area contributed by atoms with Gasteiger partial charge in [-0.2, -0.15) is 0 Å². The van der Waals surface area contributed by atoms with Crippen molar-refractivity contribution in [1.29, 1.82) is 0 Å². The SMILES string of the molecule is COCCCNCC(=O)Nc1ccc(N(C)C)cc1. The van der Waals surface area contributed by atoms with Gasteiger partial charge in [-0.3, -0.25) is 4.79 Å². The molecule has 2 N–H and O–H groups in total. The number of benzene rings is 1. The Morgan fingerprint density at radius 2 is 1.95 bits per heavy atom. The van der Waals surface area contributed by atoms with Crippen LogP contribution in [0.15, 0.2) is 24.3 Å². The minimum Gasteiger partial charge on any atom is -0.385 e. The van der Waals surface area contributed by atoms with Gasteiger partial charge in [0.15, 0.2) is 0 Å². The summed E-state index contributed by atoms with van der Waals surface area (Å²) in [6.07, 6.45) is 0.904. The summed E-state index contributed by atoms with van der Waals surface area (Å²) in [6, 6.07) is 7.75. The van der Waals surface area contributed by atoms with Crippen LogP contribution in [-0.2, 0) is 9.53 Å². The second-order valence-electron chi connectivity index (χ2n) is 4.51. The number of anilines is 2. The van der Waals surface area contributed by atoms with E-state index in [0.29, 0.717) is 13.2 Å². The Bertz CT molecular complexity index is 377. The summed E-state index contributed by atoms with van der Waals surface area (Å²) in [5.41, 5.74) is 1.92. The van der Waals surface area contributed by atoms with Gasteiger partial charge in [0.2, 0.25) is 5.91 Å². The van der Waals surface area contributed by atoms with Crippen LogP contribution < -0.4 is 15.5 Å². The summed E-state index contributed by atoms with van der Waals surface area (Å²) in [4.78, 5) is 13.7. The summed E-state index contributed by atoms with van der Waals surface area (Å²) >= 11 is 0. The van der Waals surface area contributed by atoms with E-state index < -0.39 is 0 Å². The van der Waals surface area contributed by atoms with Crippen LogP contribution >= 0.6 is 0 Å². The molecule has 1 amide bonds. The van der Waals surface area contributed by atoms with Gasteiger partial charge in [0.1, 0.15) is 0 Å². The zero-order valence-electron chi connectivity index (χ0n) is 11.9. The molecule has 0 unspecified atom stereocenters. The number of rotatable bonds is 8. The number of hydrogen-bond acceptors (Lipinski definition) is 4. The summed E-state index contributed by atoms with van der Waals surface area (Å²) in [6.45, 7) is 1.81. The Morgan fingerprint density at radius 3 is 2.53 bits per heavy atom. The van der Waals surface area contributed by atoms with E-state index in [1.165, 1.54) is 0 Å². The molecule has 0 atom stereocenters. The van der Waals surface area contributed by atoms with Crippen molar-refractivity contribution in [3.63, 3.8) is 0 Å². The second kappa shape index (κ2) is 8.50. The van der Waals surface area contributed by atoms with E-state index in [-0.39, 0.29) is 5.91 Å². The molecule has 1 aromatic rings.